The third kappa shape index (κ3) is 2.33. The molecule has 57 valence electrons. The molecular formula is C6H10NO3. The number of carboxylic acid groups (broad SMARTS) is 1. The zero-order chi connectivity index (χ0) is 7.40. The van der Waals surface area contributed by atoms with Crippen LogP contribution >= 0.6 is 0 Å². The molecule has 4 heteroatoms. The third-order valence-electron chi connectivity index (χ3n) is 1.34. The van der Waals surface area contributed by atoms with Crippen LogP contribution in [0.5, 0.6) is 0 Å². The first kappa shape index (κ1) is 7.50. The first-order valence-corrected chi connectivity index (χ1v) is 3.25. The summed E-state index contributed by atoms with van der Waals surface area (Å²) in [6.07, 6.45) is 0.0972. The Balaban J connectivity index is 2.19. The third-order valence-corrected chi connectivity index (χ3v) is 1.34. The molecule has 0 spiro atoms. The SMILES string of the molecule is O=C(O)CC1COCC[N]1. The highest BCUT2D eigenvalue weighted by Crippen LogP contribution is 1.99. The van der Waals surface area contributed by atoms with E-state index in [1.165, 1.54) is 0 Å². The Morgan fingerprint density at radius 3 is 3.10 bits per heavy atom. The Hall–Kier alpha value is -0.610. The molecule has 1 rings (SSSR count). The number of ether oxygens (including phenoxy) is 1. The summed E-state index contributed by atoms with van der Waals surface area (Å²) in [6, 6.07) is -0.119. The van der Waals surface area contributed by atoms with Crippen molar-refractivity contribution in [1.29, 1.82) is 0 Å². The molecule has 1 heterocycles. The molecule has 1 saturated heterocycles. The summed E-state index contributed by atoms with van der Waals surface area (Å²) in [5, 5.41) is 12.4. The average molecular weight is 144 g/mol. The Bertz CT molecular complexity index is 120. The topological polar surface area (TPSA) is 60.6 Å². The van der Waals surface area contributed by atoms with E-state index in [1.807, 2.05) is 0 Å². The monoisotopic (exact) mass is 144 g/mol. The maximum atomic E-state index is 10.2. The van der Waals surface area contributed by atoms with Crippen molar-refractivity contribution >= 4 is 5.97 Å². The number of rotatable bonds is 2. The van der Waals surface area contributed by atoms with Gasteiger partial charge in [-0.05, 0) is 0 Å². The van der Waals surface area contributed by atoms with Crippen LogP contribution in [-0.4, -0.2) is 36.9 Å². The number of carbonyl (C=O) groups is 1. The van der Waals surface area contributed by atoms with Crippen LogP contribution in [0.2, 0.25) is 0 Å². The van der Waals surface area contributed by atoms with E-state index < -0.39 is 5.97 Å². The lowest BCUT2D eigenvalue weighted by Gasteiger charge is -2.19. The minimum atomic E-state index is -0.806. The molecule has 4 nitrogen and oxygen atoms in total. The summed E-state index contributed by atoms with van der Waals surface area (Å²) < 4.78 is 5.03. The molecule has 0 aromatic heterocycles. The van der Waals surface area contributed by atoms with Crippen molar-refractivity contribution in [2.75, 3.05) is 19.8 Å². The number of carboxylic acids is 1. The number of nitrogens with zero attached hydrogens (tertiary/aromatic N) is 1. The van der Waals surface area contributed by atoms with E-state index in [2.05, 4.69) is 5.32 Å². The fourth-order valence-corrected chi connectivity index (χ4v) is 0.897. The van der Waals surface area contributed by atoms with Crippen molar-refractivity contribution in [2.45, 2.75) is 12.5 Å². The standard InChI is InChI=1S/C6H10NO3/c8-6(9)3-5-4-10-2-1-7-5/h5H,1-4H2,(H,8,9). The highest BCUT2D eigenvalue weighted by atomic mass is 16.5. The molecule has 1 unspecified atom stereocenters. The molecule has 1 aliphatic heterocycles. The second-order valence-electron chi connectivity index (χ2n) is 2.23. The molecule has 1 N–H and O–H groups in total. The highest BCUT2D eigenvalue weighted by molar-refractivity contribution is 5.67. The van der Waals surface area contributed by atoms with Crippen LogP contribution in [0.25, 0.3) is 0 Å². The normalized spacial score (nSPS) is 26.2. The summed E-state index contributed by atoms with van der Waals surface area (Å²) in [6.45, 7) is 1.74. The molecule has 0 aliphatic carbocycles. The summed E-state index contributed by atoms with van der Waals surface area (Å²) >= 11 is 0. The van der Waals surface area contributed by atoms with Gasteiger partial charge in [0, 0.05) is 6.54 Å². The van der Waals surface area contributed by atoms with E-state index in [0.29, 0.717) is 19.8 Å². The summed E-state index contributed by atoms with van der Waals surface area (Å²) in [5.41, 5.74) is 0. The molecular weight excluding hydrogens is 134 g/mol. The van der Waals surface area contributed by atoms with Gasteiger partial charge in [0.2, 0.25) is 0 Å². The first-order chi connectivity index (χ1) is 4.79. The quantitative estimate of drug-likeness (QED) is 0.566. The van der Waals surface area contributed by atoms with Gasteiger partial charge in [-0.1, -0.05) is 0 Å². The van der Waals surface area contributed by atoms with Gasteiger partial charge in [-0.2, -0.15) is 0 Å². The number of aliphatic carboxylic acids is 1. The van der Waals surface area contributed by atoms with Gasteiger partial charge >= 0.3 is 5.97 Å². The molecule has 10 heavy (non-hydrogen) atoms. The minimum absolute atomic E-state index is 0.0972. The van der Waals surface area contributed by atoms with Gasteiger partial charge in [-0.15, -0.1) is 0 Å². The largest absolute Gasteiger partial charge is 0.481 e. The van der Waals surface area contributed by atoms with Crippen molar-refractivity contribution in [2.24, 2.45) is 0 Å². The van der Waals surface area contributed by atoms with Crippen molar-refractivity contribution in [3.8, 4) is 0 Å². The van der Waals surface area contributed by atoms with Crippen LogP contribution in [-0.2, 0) is 9.53 Å². The van der Waals surface area contributed by atoms with Crippen molar-refractivity contribution < 1.29 is 14.6 Å². The zero-order valence-corrected chi connectivity index (χ0v) is 5.62. The molecule has 0 saturated carbocycles. The van der Waals surface area contributed by atoms with Crippen LogP contribution in [0, 0.1) is 0 Å². The van der Waals surface area contributed by atoms with Crippen LogP contribution in [0.1, 0.15) is 6.42 Å². The van der Waals surface area contributed by atoms with E-state index in [4.69, 9.17) is 9.84 Å². The number of morpholine rings is 1. The van der Waals surface area contributed by atoms with E-state index in [0.717, 1.165) is 0 Å². The van der Waals surface area contributed by atoms with E-state index >= 15 is 0 Å². The molecule has 0 aromatic rings. The molecule has 1 radical (unpaired) electrons. The average Bonchev–Trinajstić information content (AvgIpc) is 1.88. The van der Waals surface area contributed by atoms with Gasteiger partial charge in [-0.25, -0.2) is 5.32 Å². The fraction of sp³-hybridized carbons (Fsp3) is 0.833. The maximum Gasteiger partial charge on any atom is 0.305 e. The fourth-order valence-electron chi connectivity index (χ4n) is 0.897. The number of hydrogen-bond donors (Lipinski definition) is 1. The lowest BCUT2D eigenvalue weighted by Crippen LogP contribution is -2.37. The van der Waals surface area contributed by atoms with E-state index in [1.54, 1.807) is 0 Å². The second-order valence-corrected chi connectivity index (χ2v) is 2.23. The predicted octanol–water partition coefficient (Wildman–Crippen LogP) is -0.536. The summed E-state index contributed by atoms with van der Waals surface area (Å²) in [7, 11) is 0. The smallest absolute Gasteiger partial charge is 0.305 e. The van der Waals surface area contributed by atoms with Crippen molar-refractivity contribution in [3.05, 3.63) is 0 Å². The van der Waals surface area contributed by atoms with Gasteiger partial charge in [-0.3, -0.25) is 4.79 Å². The van der Waals surface area contributed by atoms with Crippen molar-refractivity contribution in [3.63, 3.8) is 0 Å². The Morgan fingerprint density at radius 1 is 1.80 bits per heavy atom. The van der Waals surface area contributed by atoms with Crippen LogP contribution < -0.4 is 5.32 Å². The second kappa shape index (κ2) is 3.53. The number of hydrogen-bond acceptors (Lipinski definition) is 2. The summed E-state index contributed by atoms with van der Waals surface area (Å²) in [4.78, 5) is 10.2. The maximum absolute atomic E-state index is 10.2. The molecule has 0 bridgehead atoms. The Morgan fingerprint density at radius 2 is 2.60 bits per heavy atom. The molecule has 0 amide bonds. The van der Waals surface area contributed by atoms with Gasteiger partial charge < -0.3 is 9.84 Å². The van der Waals surface area contributed by atoms with E-state index in [9.17, 15) is 4.79 Å². The van der Waals surface area contributed by atoms with E-state index in [-0.39, 0.29) is 12.5 Å². The van der Waals surface area contributed by atoms with Gasteiger partial charge in [0.05, 0.1) is 25.7 Å². The minimum Gasteiger partial charge on any atom is -0.481 e. The molecule has 0 aromatic carbocycles. The van der Waals surface area contributed by atoms with Crippen LogP contribution in [0.15, 0.2) is 0 Å². The summed E-state index contributed by atoms with van der Waals surface area (Å²) in [5.74, 6) is -0.806. The Kier molecular flexibility index (Phi) is 2.65. The van der Waals surface area contributed by atoms with Crippen LogP contribution in [0.3, 0.4) is 0 Å². The first-order valence-electron chi connectivity index (χ1n) is 3.25. The van der Waals surface area contributed by atoms with Gasteiger partial charge in [0.1, 0.15) is 0 Å². The highest BCUT2D eigenvalue weighted by Gasteiger charge is 2.16. The zero-order valence-electron chi connectivity index (χ0n) is 5.62. The molecule has 1 fully saturated rings. The Labute approximate surface area is 59.2 Å². The van der Waals surface area contributed by atoms with Crippen LogP contribution in [0.4, 0.5) is 0 Å². The lowest BCUT2D eigenvalue weighted by atomic mass is 10.2. The lowest BCUT2D eigenvalue weighted by molar-refractivity contribution is -0.138. The van der Waals surface area contributed by atoms with Gasteiger partial charge in [0.25, 0.3) is 0 Å². The molecule has 1 atom stereocenters. The van der Waals surface area contributed by atoms with Gasteiger partial charge in [0.15, 0.2) is 0 Å². The predicted molar refractivity (Wildman–Crippen MR) is 33.9 cm³/mol. The van der Waals surface area contributed by atoms with Crippen molar-refractivity contribution in [1.82, 2.24) is 5.32 Å². The molecule has 1 aliphatic rings.